The molecule has 3 heterocycles. The lowest BCUT2D eigenvalue weighted by atomic mass is 10.1. The lowest BCUT2D eigenvalue weighted by Gasteiger charge is -2.27. The highest BCUT2D eigenvalue weighted by Gasteiger charge is 2.24. The van der Waals surface area contributed by atoms with Crippen LogP contribution in [0.25, 0.3) is 11.8 Å². The van der Waals surface area contributed by atoms with Crippen LogP contribution in [-0.4, -0.2) is 16.5 Å². The van der Waals surface area contributed by atoms with E-state index >= 15 is 0 Å². The highest BCUT2D eigenvalue weighted by molar-refractivity contribution is 5.51. The fourth-order valence-corrected chi connectivity index (χ4v) is 2.74. The zero-order valence-corrected chi connectivity index (χ0v) is 12.0. The number of nitrogens with zero attached hydrogens (tertiary/aromatic N) is 3. The summed E-state index contributed by atoms with van der Waals surface area (Å²) in [6, 6.07) is 5.05. The van der Waals surface area contributed by atoms with Crippen molar-refractivity contribution in [2.75, 3.05) is 11.4 Å². The number of fused-ring (bicyclic) bond motifs is 1. The van der Waals surface area contributed by atoms with Gasteiger partial charge in [0.25, 0.3) is 11.8 Å². The van der Waals surface area contributed by atoms with Gasteiger partial charge in [-0.1, -0.05) is 0 Å². The number of halogens is 1. The van der Waals surface area contributed by atoms with Crippen molar-refractivity contribution in [1.29, 1.82) is 0 Å². The quantitative estimate of drug-likeness (QED) is 0.726. The van der Waals surface area contributed by atoms with Gasteiger partial charge in [0.2, 0.25) is 0 Å². The number of oxazole rings is 2. The number of rotatable bonds is 2. The van der Waals surface area contributed by atoms with E-state index in [9.17, 15) is 4.39 Å². The first-order chi connectivity index (χ1) is 10.7. The minimum Gasteiger partial charge on any atom is -0.441 e. The molecule has 0 spiro atoms. The fourth-order valence-electron chi connectivity index (χ4n) is 2.74. The molecule has 0 atom stereocenters. The van der Waals surface area contributed by atoms with Crippen LogP contribution in [0.1, 0.15) is 17.0 Å². The molecule has 0 aliphatic carbocycles. The van der Waals surface area contributed by atoms with Crippen LogP contribution in [0.5, 0.6) is 0 Å². The maximum Gasteiger partial charge on any atom is 0.284 e. The predicted octanol–water partition coefficient (Wildman–Crippen LogP) is 3.34. The molecule has 0 unspecified atom stereocenters. The zero-order valence-electron chi connectivity index (χ0n) is 12.0. The van der Waals surface area contributed by atoms with Gasteiger partial charge in [-0.15, -0.1) is 0 Å². The van der Waals surface area contributed by atoms with E-state index in [1.165, 1.54) is 12.3 Å². The molecule has 0 fully saturated rings. The van der Waals surface area contributed by atoms with Gasteiger partial charge in [0.05, 0.1) is 12.7 Å². The van der Waals surface area contributed by atoms with Gasteiger partial charge in [-0.25, -0.2) is 14.4 Å². The lowest BCUT2D eigenvalue weighted by molar-refractivity contribution is 0.472. The Morgan fingerprint density at radius 2 is 2.14 bits per heavy atom. The lowest BCUT2D eigenvalue weighted by Crippen LogP contribution is -2.30. The molecule has 0 radical (unpaired) electrons. The Morgan fingerprint density at radius 3 is 2.91 bits per heavy atom. The van der Waals surface area contributed by atoms with E-state index in [1.54, 1.807) is 12.3 Å². The largest absolute Gasteiger partial charge is 0.441 e. The minimum absolute atomic E-state index is 0.221. The summed E-state index contributed by atoms with van der Waals surface area (Å²) in [5, 5.41) is 0. The zero-order chi connectivity index (χ0) is 15.1. The first-order valence-electron chi connectivity index (χ1n) is 7.09. The topological polar surface area (TPSA) is 55.3 Å². The van der Waals surface area contributed by atoms with Gasteiger partial charge in [-0.3, -0.25) is 0 Å². The molecule has 1 aliphatic heterocycles. The molecule has 6 heteroatoms. The number of benzene rings is 1. The number of anilines is 1. The summed E-state index contributed by atoms with van der Waals surface area (Å²) in [7, 11) is 0. The van der Waals surface area contributed by atoms with Crippen LogP contribution in [0.2, 0.25) is 0 Å². The number of aryl methyl sites for hydroxylation is 1. The van der Waals surface area contributed by atoms with Crippen molar-refractivity contribution in [2.24, 2.45) is 0 Å². The van der Waals surface area contributed by atoms with Crippen LogP contribution in [-0.2, 0) is 13.0 Å². The van der Waals surface area contributed by atoms with Gasteiger partial charge in [-0.2, -0.15) is 0 Å². The molecule has 5 nitrogen and oxygen atoms in total. The Morgan fingerprint density at radius 1 is 1.23 bits per heavy atom. The average molecular weight is 299 g/mol. The first kappa shape index (κ1) is 13.1. The van der Waals surface area contributed by atoms with E-state index < -0.39 is 0 Å². The molecule has 4 rings (SSSR count). The van der Waals surface area contributed by atoms with Crippen LogP contribution in [0, 0.1) is 12.7 Å². The molecule has 112 valence electrons. The molecule has 0 amide bonds. The van der Waals surface area contributed by atoms with Crippen molar-refractivity contribution in [3.63, 3.8) is 0 Å². The highest BCUT2D eigenvalue weighted by Crippen LogP contribution is 2.28. The monoisotopic (exact) mass is 299 g/mol. The highest BCUT2D eigenvalue weighted by atomic mass is 19.1. The van der Waals surface area contributed by atoms with Crippen LogP contribution in [0.15, 0.2) is 39.5 Å². The van der Waals surface area contributed by atoms with Gasteiger partial charge < -0.3 is 13.7 Å². The third-order valence-electron chi connectivity index (χ3n) is 3.73. The van der Waals surface area contributed by atoms with Crippen molar-refractivity contribution in [3.05, 3.63) is 53.5 Å². The van der Waals surface area contributed by atoms with Crippen LogP contribution >= 0.6 is 0 Å². The Labute approximate surface area is 126 Å². The average Bonchev–Trinajstić information content (AvgIpc) is 3.14. The van der Waals surface area contributed by atoms with E-state index in [1.807, 2.05) is 13.0 Å². The molecule has 22 heavy (non-hydrogen) atoms. The number of hydrogen-bond acceptors (Lipinski definition) is 5. The third-order valence-corrected chi connectivity index (χ3v) is 3.73. The van der Waals surface area contributed by atoms with Crippen molar-refractivity contribution < 1.29 is 13.2 Å². The standard InChI is InChI=1S/C16H14FN3O2/c1-10-6-11(17)8-12(7-10)20-4-2-14-13(9-20)19-16(22-14)15-18-3-5-21-15/h3,5-8H,2,4,9H2,1H3. The summed E-state index contributed by atoms with van der Waals surface area (Å²) in [5.74, 6) is 1.40. The first-order valence-corrected chi connectivity index (χ1v) is 7.09. The summed E-state index contributed by atoms with van der Waals surface area (Å²) < 4.78 is 24.5. The van der Waals surface area contributed by atoms with E-state index in [0.29, 0.717) is 18.3 Å². The molecule has 3 aromatic rings. The summed E-state index contributed by atoms with van der Waals surface area (Å²) in [6.45, 7) is 3.23. The normalized spacial score (nSPS) is 14.2. The van der Waals surface area contributed by atoms with Gasteiger partial charge in [0, 0.05) is 18.7 Å². The molecular weight excluding hydrogens is 285 g/mol. The fraction of sp³-hybridized carbons (Fsp3) is 0.250. The minimum atomic E-state index is -0.221. The van der Waals surface area contributed by atoms with E-state index in [0.717, 1.165) is 35.7 Å². The molecule has 1 aromatic carbocycles. The summed E-state index contributed by atoms with van der Waals surface area (Å²) in [6.07, 6.45) is 3.76. The van der Waals surface area contributed by atoms with Crippen molar-refractivity contribution in [1.82, 2.24) is 9.97 Å². The van der Waals surface area contributed by atoms with Crippen molar-refractivity contribution >= 4 is 5.69 Å². The van der Waals surface area contributed by atoms with Crippen LogP contribution < -0.4 is 4.90 Å². The molecule has 0 N–H and O–H groups in total. The van der Waals surface area contributed by atoms with Gasteiger partial charge >= 0.3 is 0 Å². The maximum atomic E-state index is 13.6. The van der Waals surface area contributed by atoms with Crippen LogP contribution in [0.4, 0.5) is 10.1 Å². The Bertz CT molecular complexity index is 791. The molecular formula is C16H14FN3O2. The van der Waals surface area contributed by atoms with Crippen molar-refractivity contribution in [2.45, 2.75) is 19.9 Å². The maximum absolute atomic E-state index is 13.6. The Hall–Kier alpha value is -2.63. The summed E-state index contributed by atoms with van der Waals surface area (Å²) in [4.78, 5) is 10.6. The van der Waals surface area contributed by atoms with Crippen molar-refractivity contribution in [3.8, 4) is 11.8 Å². The third kappa shape index (κ3) is 2.26. The summed E-state index contributed by atoms with van der Waals surface area (Å²) >= 11 is 0. The molecule has 0 saturated carbocycles. The SMILES string of the molecule is Cc1cc(F)cc(N2CCc3oc(-c4ncco4)nc3C2)c1. The molecule has 0 saturated heterocycles. The van der Waals surface area contributed by atoms with Gasteiger partial charge in [0.15, 0.2) is 0 Å². The van der Waals surface area contributed by atoms with E-state index in [-0.39, 0.29) is 5.82 Å². The van der Waals surface area contributed by atoms with Crippen LogP contribution in [0.3, 0.4) is 0 Å². The molecule has 0 bridgehead atoms. The van der Waals surface area contributed by atoms with Gasteiger partial charge in [-0.05, 0) is 30.7 Å². The second-order valence-corrected chi connectivity index (χ2v) is 5.38. The van der Waals surface area contributed by atoms with E-state index in [4.69, 9.17) is 8.83 Å². The number of hydrogen-bond donors (Lipinski definition) is 0. The summed E-state index contributed by atoms with van der Waals surface area (Å²) in [5.41, 5.74) is 2.62. The Kier molecular flexibility index (Phi) is 2.96. The number of aromatic nitrogens is 2. The van der Waals surface area contributed by atoms with Gasteiger partial charge in [0.1, 0.15) is 23.5 Å². The smallest absolute Gasteiger partial charge is 0.284 e. The second-order valence-electron chi connectivity index (χ2n) is 5.38. The molecule has 2 aromatic heterocycles. The predicted molar refractivity (Wildman–Crippen MR) is 77.9 cm³/mol. The Balaban J connectivity index is 1.64. The molecule has 1 aliphatic rings. The second kappa shape index (κ2) is 4.98. The van der Waals surface area contributed by atoms with E-state index in [2.05, 4.69) is 14.9 Å².